The van der Waals surface area contributed by atoms with E-state index in [2.05, 4.69) is 4.99 Å². The van der Waals surface area contributed by atoms with Gasteiger partial charge in [0.2, 0.25) is 0 Å². The molecular weight excluding hydrogens is 575 g/mol. The van der Waals surface area contributed by atoms with Gasteiger partial charge in [-0.25, -0.2) is 9.79 Å². The highest BCUT2D eigenvalue weighted by molar-refractivity contribution is 7.07. The van der Waals surface area contributed by atoms with Gasteiger partial charge in [0, 0.05) is 11.1 Å². The summed E-state index contributed by atoms with van der Waals surface area (Å²) in [5.74, 6) is 1.47. The lowest BCUT2D eigenvalue weighted by Gasteiger charge is -2.22. The van der Waals surface area contributed by atoms with Crippen molar-refractivity contribution in [2.45, 2.75) is 19.9 Å². The Morgan fingerprint density at radius 1 is 1.10 bits per heavy atom. The lowest BCUT2D eigenvalue weighted by Crippen LogP contribution is -2.39. The van der Waals surface area contributed by atoms with Crippen molar-refractivity contribution in [1.29, 1.82) is 0 Å². The molecule has 0 bridgehead atoms. The number of carbonyl (C=O) groups excluding carboxylic acids is 1. The number of ether oxygens (including phenoxy) is 3. The summed E-state index contributed by atoms with van der Waals surface area (Å²) >= 11 is 13.5. The maximum Gasteiger partial charge on any atom is 0.338 e. The molecule has 0 amide bonds. The minimum absolute atomic E-state index is 0.162. The van der Waals surface area contributed by atoms with Crippen molar-refractivity contribution in [1.82, 2.24) is 4.57 Å². The van der Waals surface area contributed by atoms with E-state index in [-0.39, 0.29) is 17.7 Å². The second-order valence-corrected chi connectivity index (χ2v) is 10.6. The zero-order valence-corrected chi connectivity index (χ0v) is 24.3. The molecule has 2 aromatic heterocycles. The first-order valence-corrected chi connectivity index (χ1v) is 13.8. The van der Waals surface area contributed by atoms with Crippen LogP contribution in [-0.2, 0) is 9.53 Å². The molecule has 2 aromatic carbocycles. The number of halogens is 2. The standard InChI is InChI=1S/C29H24Cl2N2O6S/c1-5-38-28(35)25-15(2)32-29-33(26(25)23-11-10-22(39-23)16-6-8-19(30)20(31)13-16)27(34)24(40-29)14-17-12-18(36-3)7-9-21(17)37-4/h6-14,26H,5H2,1-4H3/b24-14-/t26-/m1/s1. The molecule has 0 radical (unpaired) electrons. The molecule has 0 saturated heterocycles. The van der Waals surface area contributed by atoms with Gasteiger partial charge in [0.25, 0.3) is 5.56 Å². The monoisotopic (exact) mass is 598 g/mol. The third-order valence-electron chi connectivity index (χ3n) is 6.34. The minimum Gasteiger partial charge on any atom is -0.497 e. The Kier molecular flexibility index (Phi) is 7.89. The SMILES string of the molecule is CCOC(=O)C1=C(C)N=c2s/c(=C\c3cc(OC)ccc3OC)c(=O)n2[C@@H]1c1ccc(-c2ccc(Cl)c(Cl)c2)o1. The van der Waals surface area contributed by atoms with Gasteiger partial charge in [-0.2, -0.15) is 0 Å². The fourth-order valence-electron chi connectivity index (χ4n) is 4.46. The Balaban J connectivity index is 1.70. The predicted molar refractivity (Wildman–Crippen MR) is 154 cm³/mol. The molecule has 0 saturated carbocycles. The topological polar surface area (TPSA) is 92.3 Å². The summed E-state index contributed by atoms with van der Waals surface area (Å²) in [6.07, 6.45) is 1.72. The van der Waals surface area contributed by atoms with Crippen LogP contribution in [0.5, 0.6) is 11.5 Å². The third kappa shape index (κ3) is 5.08. The normalized spacial score (nSPS) is 15.1. The molecule has 0 unspecified atom stereocenters. The second-order valence-electron chi connectivity index (χ2n) is 8.74. The molecule has 206 valence electrons. The zero-order chi connectivity index (χ0) is 28.6. The fraction of sp³-hybridized carbons (Fsp3) is 0.207. The number of esters is 1. The Morgan fingerprint density at radius 2 is 1.90 bits per heavy atom. The minimum atomic E-state index is -0.902. The maximum atomic E-state index is 13.9. The van der Waals surface area contributed by atoms with Crippen LogP contribution in [-0.4, -0.2) is 31.4 Å². The van der Waals surface area contributed by atoms with Gasteiger partial charge in [0.1, 0.15) is 29.1 Å². The van der Waals surface area contributed by atoms with Crippen molar-refractivity contribution in [3.63, 3.8) is 0 Å². The summed E-state index contributed by atoms with van der Waals surface area (Å²) in [4.78, 5) is 32.1. The van der Waals surface area contributed by atoms with E-state index in [4.69, 9.17) is 41.8 Å². The van der Waals surface area contributed by atoms with Gasteiger partial charge in [-0.05, 0) is 68.5 Å². The fourth-order valence-corrected chi connectivity index (χ4v) is 5.79. The van der Waals surface area contributed by atoms with Gasteiger partial charge in [0.05, 0.1) is 46.7 Å². The molecule has 1 aliphatic heterocycles. The molecule has 0 N–H and O–H groups in total. The van der Waals surface area contributed by atoms with Crippen molar-refractivity contribution in [3.8, 4) is 22.8 Å². The Labute approximate surface area is 243 Å². The van der Waals surface area contributed by atoms with E-state index in [1.807, 2.05) is 0 Å². The molecule has 1 aliphatic rings. The second kappa shape index (κ2) is 11.4. The van der Waals surface area contributed by atoms with Crippen LogP contribution in [0.2, 0.25) is 10.0 Å². The van der Waals surface area contributed by atoms with Crippen LogP contribution < -0.4 is 24.4 Å². The van der Waals surface area contributed by atoms with Gasteiger partial charge < -0.3 is 18.6 Å². The quantitative estimate of drug-likeness (QED) is 0.265. The number of aromatic nitrogens is 1. The molecular formula is C29H24Cl2N2O6S. The molecule has 11 heteroatoms. The lowest BCUT2D eigenvalue weighted by atomic mass is 10.0. The summed E-state index contributed by atoms with van der Waals surface area (Å²) in [7, 11) is 3.12. The summed E-state index contributed by atoms with van der Waals surface area (Å²) in [5, 5.41) is 0.793. The lowest BCUT2D eigenvalue weighted by molar-refractivity contribution is -0.139. The highest BCUT2D eigenvalue weighted by atomic mass is 35.5. The van der Waals surface area contributed by atoms with E-state index in [1.54, 1.807) is 82.7 Å². The van der Waals surface area contributed by atoms with Crippen molar-refractivity contribution < 1.29 is 23.4 Å². The summed E-state index contributed by atoms with van der Waals surface area (Å²) in [6.45, 7) is 3.59. The number of allylic oxidation sites excluding steroid dienone is 1. The molecule has 40 heavy (non-hydrogen) atoms. The first kappa shape index (κ1) is 27.8. The van der Waals surface area contributed by atoms with Gasteiger partial charge in [-0.3, -0.25) is 9.36 Å². The number of hydrogen-bond acceptors (Lipinski definition) is 8. The summed E-state index contributed by atoms with van der Waals surface area (Å²) < 4.78 is 24.3. The number of thiazole rings is 1. The van der Waals surface area contributed by atoms with E-state index in [0.717, 1.165) is 0 Å². The first-order chi connectivity index (χ1) is 19.2. The van der Waals surface area contributed by atoms with Crippen LogP contribution in [0.1, 0.15) is 31.2 Å². The number of nitrogens with zero attached hydrogens (tertiary/aromatic N) is 2. The average molecular weight is 599 g/mol. The smallest absolute Gasteiger partial charge is 0.338 e. The van der Waals surface area contributed by atoms with Crippen LogP contribution in [0.3, 0.4) is 0 Å². The van der Waals surface area contributed by atoms with Crippen LogP contribution in [0.4, 0.5) is 0 Å². The van der Waals surface area contributed by atoms with Crippen LogP contribution >= 0.6 is 34.5 Å². The first-order valence-electron chi connectivity index (χ1n) is 12.2. The maximum absolute atomic E-state index is 13.9. The number of benzene rings is 2. The van der Waals surface area contributed by atoms with E-state index in [1.165, 1.54) is 15.9 Å². The molecule has 1 atom stereocenters. The molecule has 5 rings (SSSR count). The van der Waals surface area contributed by atoms with Crippen LogP contribution in [0, 0.1) is 0 Å². The molecule has 8 nitrogen and oxygen atoms in total. The number of furan rings is 1. The molecule has 4 aromatic rings. The van der Waals surface area contributed by atoms with Gasteiger partial charge in [0.15, 0.2) is 4.80 Å². The highest BCUT2D eigenvalue weighted by Gasteiger charge is 2.35. The Morgan fingerprint density at radius 3 is 2.60 bits per heavy atom. The summed E-state index contributed by atoms with van der Waals surface area (Å²) in [6, 6.07) is 13.0. The summed E-state index contributed by atoms with van der Waals surface area (Å²) in [5.41, 5.74) is 1.65. The van der Waals surface area contributed by atoms with Crippen molar-refractivity contribution in [2.75, 3.05) is 20.8 Å². The molecule has 0 aliphatic carbocycles. The van der Waals surface area contributed by atoms with Gasteiger partial charge in [-0.1, -0.05) is 34.5 Å². The average Bonchev–Trinajstić information content (AvgIpc) is 3.54. The van der Waals surface area contributed by atoms with Gasteiger partial charge >= 0.3 is 5.97 Å². The highest BCUT2D eigenvalue weighted by Crippen LogP contribution is 2.35. The number of hydrogen-bond donors (Lipinski definition) is 0. The van der Waals surface area contributed by atoms with E-state index < -0.39 is 12.0 Å². The van der Waals surface area contributed by atoms with E-state index in [9.17, 15) is 9.59 Å². The Hall–Kier alpha value is -3.79. The van der Waals surface area contributed by atoms with E-state index >= 15 is 0 Å². The van der Waals surface area contributed by atoms with Crippen molar-refractivity contribution in [3.05, 3.63) is 101 Å². The number of fused-ring (bicyclic) bond motifs is 1. The number of carbonyl (C=O) groups is 1. The third-order valence-corrected chi connectivity index (χ3v) is 8.06. The zero-order valence-electron chi connectivity index (χ0n) is 22.0. The van der Waals surface area contributed by atoms with Crippen LogP contribution in [0.25, 0.3) is 17.4 Å². The molecule has 3 heterocycles. The van der Waals surface area contributed by atoms with Crippen LogP contribution in [0.15, 0.2) is 74.0 Å². The van der Waals surface area contributed by atoms with Crippen molar-refractivity contribution in [2.24, 2.45) is 4.99 Å². The van der Waals surface area contributed by atoms with Gasteiger partial charge in [-0.15, -0.1) is 0 Å². The number of methoxy groups -OCH3 is 2. The Bertz CT molecular complexity index is 1840. The number of rotatable bonds is 7. The van der Waals surface area contributed by atoms with Crippen molar-refractivity contribution >= 4 is 46.6 Å². The largest absolute Gasteiger partial charge is 0.497 e. The van der Waals surface area contributed by atoms with E-state index in [0.29, 0.717) is 59.2 Å². The molecule has 0 spiro atoms. The molecule has 0 fully saturated rings. The predicted octanol–water partition coefficient (Wildman–Crippen LogP) is 5.38.